The predicted molar refractivity (Wildman–Crippen MR) is 260 cm³/mol. The van der Waals surface area contributed by atoms with Crippen LogP contribution in [0, 0.1) is 0 Å². The molecule has 2 radical (unpaired) electrons. The molecule has 458 valence electrons. The number of aliphatic hydroxyl groups excluding tert-OH is 5. The van der Waals surface area contributed by atoms with Gasteiger partial charge in [-0.05, 0) is 52.9 Å². The van der Waals surface area contributed by atoms with Crippen molar-refractivity contribution in [2.24, 2.45) is 0 Å². The van der Waals surface area contributed by atoms with Crippen LogP contribution in [-0.4, -0.2) is 262 Å². The Morgan fingerprint density at radius 1 is 0.675 bits per heavy atom. The third-order valence-electron chi connectivity index (χ3n) is 8.54. The van der Waals surface area contributed by atoms with Crippen molar-refractivity contribution in [2.75, 3.05) is 132 Å². The zero-order chi connectivity index (χ0) is 58.6. The van der Waals surface area contributed by atoms with Crippen LogP contribution in [0.3, 0.4) is 0 Å². The van der Waals surface area contributed by atoms with Gasteiger partial charge in [0.25, 0.3) is 0 Å². The number of esters is 1. The first-order chi connectivity index (χ1) is 36.3. The van der Waals surface area contributed by atoms with Crippen LogP contribution in [0.15, 0.2) is 25.3 Å². The number of hydrogen-bond donors (Lipinski definition) is 5. The molecule has 0 aromatic carbocycles. The fourth-order valence-electron chi connectivity index (χ4n) is 4.20. The number of hydrogen-bond acceptors (Lipinski definition) is 24. The molecule has 8 unspecified atom stereocenters. The molecule has 0 aliphatic carbocycles. The molecule has 33 heteroatoms. The zero-order valence-electron chi connectivity index (χ0n) is 43.6. The molecule has 0 aromatic rings. The number of aliphatic hydroxyl groups is 5. The van der Waals surface area contributed by atoms with Crippen molar-refractivity contribution in [3.8, 4) is 0 Å². The zero-order valence-corrected chi connectivity index (χ0v) is 48.1. The van der Waals surface area contributed by atoms with E-state index in [0.717, 1.165) is 65.1 Å². The minimum absolute atomic E-state index is 0.0359. The molecular weight excluding hydrogens is 1210 g/mol. The van der Waals surface area contributed by atoms with Crippen molar-refractivity contribution < 1.29 is 135 Å². The number of rotatable bonds is 34. The molecule has 8 atom stereocenters. The molecule has 24 nitrogen and oxygen atoms in total. The van der Waals surface area contributed by atoms with Crippen LogP contribution in [0.5, 0.6) is 0 Å². The Morgan fingerprint density at radius 3 is 1.51 bits per heavy atom. The molecule has 5 aliphatic rings. The van der Waals surface area contributed by atoms with Crippen molar-refractivity contribution in [1.82, 2.24) is 0 Å². The van der Waals surface area contributed by atoms with Gasteiger partial charge < -0.3 is 82.4 Å². The average Bonchev–Trinajstić information content (AvgIpc) is 4.13. The quantitative estimate of drug-likeness (QED) is 0.0116. The molecule has 5 aliphatic heterocycles. The first-order valence-corrected chi connectivity index (χ1v) is 29.4. The van der Waals surface area contributed by atoms with E-state index in [9.17, 15) is 63.3 Å². The Bertz CT molecular complexity index is 1610. The number of unbranched alkanes of at least 4 members (excludes halogenated alkanes) is 2. The molecule has 5 heterocycles. The summed E-state index contributed by atoms with van der Waals surface area (Å²) in [5, 5.41) is 44.6. The van der Waals surface area contributed by atoms with Gasteiger partial charge in [-0.3, -0.25) is 4.79 Å². The van der Waals surface area contributed by atoms with Gasteiger partial charge in [0.1, 0.15) is 36.6 Å². The maximum atomic E-state index is 11.6. The second-order valence-corrected chi connectivity index (χ2v) is 22.6. The smallest absolute Gasteiger partial charge is 0.104 e. The van der Waals surface area contributed by atoms with E-state index in [-0.39, 0.29) is 77.1 Å². The molecule has 5 saturated heterocycles. The van der Waals surface area contributed by atoms with Crippen LogP contribution in [0.25, 0.3) is 0 Å². The van der Waals surface area contributed by atoms with Gasteiger partial charge in [-0.15, -0.1) is 13.2 Å². The van der Waals surface area contributed by atoms with E-state index in [1.165, 1.54) is 0 Å². The third kappa shape index (κ3) is 52.3. The maximum Gasteiger partial charge on any atom is 0.104 e. The summed E-state index contributed by atoms with van der Waals surface area (Å²) >= 11 is -3.86. The Labute approximate surface area is 458 Å². The van der Waals surface area contributed by atoms with Gasteiger partial charge in [-0.25, -0.2) is 0 Å². The number of alkyl halides is 6. The molecule has 5 rings (SSSR count). The Morgan fingerprint density at radius 2 is 1.13 bits per heavy atom. The normalized spacial score (nSPS) is 20.6. The summed E-state index contributed by atoms with van der Waals surface area (Å²) in [5.41, 5.74) is -11.7. The van der Waals surface area contributed by atoms with Crippen molar-refractivity contribution in [2.45, 2.75) is 119 Å². The van der Waals surface area contributed by atoms with Gasteiger partial charge in [0, 0.05) is 26.2 Å². The van der Waals surface area contributed by atoms with Gasteiger partial charge in [0.15, 0.2) is 0 Å². The fourth-order valence-corrected chi connectivity index (χ4v) is 8.55. The Hall–Kier alpha value is -1.49. The van der Waals surface area contributed by atoms with Gasteiger partial charge in [-0.2, -0.15) is 0 Å². The summed E-state index contributed by atoms with van der Waals surface area (Å²) < 4.78 is 178. The molecular formula is C44H80F6O24S2Sn. The molecule has 0 amide bonds. The minimum atomic E-state index is -6.15. The summed E-state index contributed by atoms with van der Waals surface area (Å²) in [4.78, 5) is 10.2. The summed E-state index contributed by atoms with van der Waals surface area (Å²) in [6, 6.07) is 0. The van der Waals surface area contributed by atoms with Gasteiger partial charge in [-0.1, -0.05) is 12.2 Å². The summed E-state index contributed by atoms with van der Waals surface area (Å²) in [6.45, 7) is 21.9. The molecule has 77 heavy (non-hydrogen) atoms. The second-order valence-electron chi connectivity index (χ2n) is 16.2. The predicted octanol–water partition coefficient (Wildman–Crippen LogP) is 1.65. The SMILES string of the molecule is C=CCOCC(O)COC(C)COCCCCCOCC(O)COC(CO)COCC1CO1.C=CCOCC1CO1.CC1CO1.CCO.O=C1CCCCO1.O=S(=O)([O][Sn][O]S(=O)(=O)C(F)(F)F)C(F)(F)F.OCC1CO1. The minimum Gasteiger partial charge on any atom is -0.394 e. The number of carbonyl (C=O) groups excluding carboxylic acids is 1. The van der Waals surface area contributed by atoms with Crippen LogP contribution in [-0.2, 0) is 86.9 Å². The van der Waals surface area contributed by atoms with Crippen molar-refractivity contribution in [3.05, 3.63) is 25.3 Å². The molecule has 0 spiro atoms. The van der Waals surface area contributed by atoms with Crippen LogP contribution >= 0.6 is 0 Å². The van der Waals surface area contributed by atoms with E-state index >= 15 is 0 Å². The third-order valence-corrected chi connectivity index (χ3v) is 15.2. The fraction of sp³-hybridized carbons (Fsp3) is 0.886. The first-order valence-electron chi connectivity index (χ1n) is 24.2. The summed E-state index contributed by atoms with van der Waals surface area (Å²) in [5.74, 6) is -0.0359. The number of epoxide rings is 4. The Balaban J connectivity index is 0. The van der Waals surface area contributed by atoms with E-state index in [1.54, 1.807) is 19.1 Å². The molecule has 5 N–H and O–H groups in total. The number of halogens is 6. The van der Waals surface area contributed by atoms with Crippen molar-refractivity contribution in [1.29, 1.82) is 0 Å². The monoisotopic (exact) mass is 1290 g/mol. The summed E-state index contributed by atoms with van der Waals surface area (Å²) in [7, 11) is -12.3. The van der Waals surface area contributed by atoms with E-state index in [4.69, 9.17) is 57.6 Å². The van der Waals surface area contributed by atoms with Crippen molar-refractivity contribution in [3.63, 3.8) is 0 Å². The van der Waals surface area contributed by atoms with Gasteiger partial charge in [0.05, 0.1) is 125 Å². The molecule has 0 bridgehead atoms. The Kier molecular flexibility index (Phi) is 47.4. The van der Waals surface area contributed by atoms with E-state index in [0.29, 0.717) is 64.9 Å². The number of cyclic esters (lactones) is 1. The number of carbonyl (C=O) groups is 1. The molecule has 0 saturated carbocycles. The molecule has 0 aromatic heterocycles. The van der Waals surface area contributed by atoms with E-state index < -0.39 is 71.5 Å². The van der Waals surface area contributed by atoms with Crippen LogP contribution in [0.4, 0.5) is 26.3 Å². The second kappa shape index (κ2) is 47.0. The number of ether oxygens (including phenoxy) is 12. The summed E-state index contributed by atoms with van der Waals surface area (Å²) in [6.07, 6.45) is 8.15. The molecule has 5 fully saturated rings. The topological polar surface area (TPSA) is 329 Å². The maximum absolute atomic E-state index is 11.6. The largest absolute Gasteiger partial charge is 0.394 e. The van der Waals surface area contributed by atoms with E-state index in [2.05, 4.69) is 34.6 Å². The van der Waals surface area contributed by atoms with Crippen LogP contribution in [0.2, 0.25) is 0 Å². The first kappa shape index (κ1) is 77.6. The van der Waals surface area contributed by atoms with Gasteiger partial charge >= 0.3 is 107 Å². The van der Waals surface area contributed by atoms with Crippen LogP contribution < -0.4 is 0 Å². The van der Waals surface area contributed by atoms with Gasteiger partial charge in [0.2, 0.25) is 0 Å². The van der Waals surface area contributed by atoms with Crippen LogP contribution in [0.1, 0.15) is 59.3 Å². The standard InChI is InChI=1S/C23H44O10.C6H10O2.C5H8O2.C3H6O2.C3H6O.C2H6O.2CHF3O3S.Sn/c1-3-7-27-12-20(25)14-31-19(2)11-28-8-5-4-6-9-29-13-21(26)15-32-22(10-24)16-30-17-23-18-33-23;1-2-3-7-4-6-5-8-6;6-5-3-1-2-4-7-5;4-1-3-2-5-3;1-3-2-4-3;1-2-3;2*2-1(3,4)8(5,6)7;/h3,19-26H,1,4-18H2,2H3;2,6H,1,3-5H2;1-4H2;3-4H,1-2H2;3H,2H2,1H3;3H,2H2,1H3;2*(H,5,6,7);/q;;;;;;;;+2/p-2. The average molecular weight is 1290 g/mol. The van der Waals surface area contributed by atoms with Crippen molar-refractivity contribution >= 4 is 48.2 Å². The van der Waals surface area contributed by atoms with E-state index in [1.807, 2.05) is 6.92 Å².